The van der Waals surface area contributed by atoms with Gasteiger partial charge in [-0.25, -0.2) is 0 Å². The van der Waals surface area contributed by atoms with E-state index < -0.39 is 0 Å². The molecule has 2 fully saturated rings. The van der Waals surface area contributed by atoms with Crippen molar-refractivity contribution in [2.24, 2.45) is 0 Å². The number of fused-ring (bicyclic) bond motifs is 1. The first-order valence-electron chi connectivity index (χ1n) is 5.05. The van der Waals surface area contributed by atoms with Crippen LogP contribution in [0, 0.1) is 0 Å². The Morgan fingerprint density at radius 1 is 1.23 bits per heavy atom. The van der Waals surface area contributed by atoms with Gasteiger partial charge in [-0.3, -0.25) is 4.90 Å². The lowest BCUT2D eigenvalue weighted by molar-refractivity contribution is -0.0794. The van der Waals surface area contributed by atoms with Crippen molar-refractivity contribution >= 4 is 0 Å². The largest absolute Gasteiger partial charge is 0.377 e. The second-order valence-electron chi connectivity index (χ2n) is 4.88. The molecule has 13 heavy (non-hydrogen) atoms. The second-order valence-corrected chi connectivity index (χ2v) is 4.88. The molecule has 76 valence electrons. The van der Waals surface area contributed by atoms with Crippen molar-refractivity contribution in [2.75, 3.05) is 26.4 Å². The van der Waals surface area contributed by atoms with Crippen molar-refractivity contribution in [3.8, 4) is 0 Å². The van der Waals surface area contributed by atoms with Gasteiger partial charge in [0.2, 0.25) is 0 Å². The summed E-state index contributed by atoms with van der Waals surface area (Å²) in [7, 11) is 0. The molecule has 2 aliphatic heterocycles. The van der Waals surface area contributed by atoms with Gasteiger partial charge in [-0.1, -0.05) is 0 Å². The predicted octanol–water partition coefficient (Wildman–Crippen LogP) is 0.884. The summed E-state index contributed by atoms with van der Waals surface area (Å²) in [5.41, 5.74) is 0.237. The average Bonchev–Trinajstić information content (AvgIpc) is 2.48. The maximum Gasteiger partial charge on any atom is 0.0986 e. The van der Waals surface area contributed by atoms with Gasteiger partial charge in [-0.15, -0.1) is 0 Å². The fourth-order valence-electron chi connectivity index (χ4n) is 2.27. The molecule has 0 bridgehead atoms. The smallest absolute Gasteiger partial charge is 0.0986 e. The van der Waals surface area contributed by atoms with E-state index >= 15 is 0 Å². The Bertz CT molecular complexity index is 188. The normalized spacial score (nSPS) is 36.2. The molecule has 0 aromatic heterocycles. The van der Waals surface area contributed by atoms with Crippen LogP contribution in [-0.4, -0.2) is 49.0 Å². The first-order chi connectivity index (χ1) is 6.09. The van der Waals surface area contributed by atoms with Crippen molar-refractivity contribution in [1.82, 2.24) is 4.90 Å². The van der Waals surface area contributed by atoms with Gasteiger partial charge in [0.15, 0.2) is 0 Å². The van der Waals surface area contributed by atoms with Crippen LogP contribution in [0.5, 0.6) is 0 Å². The van der Waals surface area contributed by atoms with E-state index in [1.165, 1.54) is 0 Å². The minimum absolute atomic E-state index is 0.237. The Kier molecular flexibility index (Phi) is 2.34. The molecular formula is C10H19NO2. The third kappa shape index (κ3) is 1.73. The highest BCUT2D eigenvalue weighted by molar-refractivity contribution is 4.93. The molecule has 2 rings (SSSR count). The number of morpholine rings is 1. The number of hydrogen-bond acceptors (Lipinski definition) is 3. The Morgan fingerprint density at radius 3 is 2.69 bits per heavy atom. The first kappa shape index (κ1) is 9.44. The number of hydrogen-bond donors (Lipinski definition) is 0. The average molecular weight is 185 g/mol. The van der Waals surface area contributed by atoms with Crippen LogP contribution in [-0.2, 0) is 9.47 Å². The highest BCUT2D eigenvalue weighted by atomic mass is 16.6. The molecule has 0 amide bonds. The molecule has 0 radical (unpaired) electrons. The lowest BCUT2D eigenvalue weighted by Gasteiger charge is -2.44. The van der Waals surface area contributed by atoms with Crippen LogP contribution < -0.4 is 0 Å². The molecule has 3 nitrogen and oxygen atoms in total. The molecule has 2 atom stereocenters. The van der Waals surface area contributed by atoms with Crippen LogP contribution in [0.15, 0.2) is 0 Å². The summed E-state index contributed by atoms with van der Waals surface area (Å²) in [6.45, 7) is 10.3. The molecule has 2 unspecified atom stereocenters. The third-order valence-corrected chi connectivity index (χ3v) is 2.93. The lowest BCUT2D eigenvalue weighted by atomic mass is 10.00. The lowest BCUT2D eigenvalue weighted by Crippen LogP contribution is -2.57. The quantitative estimate of drug-likeness (QED) is 0.559. The Morgan fingerprint density at radius 2 is 2.00 bits per heavy atom. The minimum atomic E-state index is 0.237. The van der Waals surface area contributed by atoms with Gasteiger partial charge in [-0.2, -0.15) is 0 Å². The van der Waals surface area contributed by atoms with Gasteiger partial charge < -0.3 is 9.47 Å². The minimum Gasteiger partial charge on any atom is -0.377 e. The molecular weight excluding hydrogens is 166 g/mol. The van der Waals surface area contributed by atoms with Crippen molar-refractivity contribution in [3.05, 3.63) is 0 Å². The van der Waals surface area contributed by atoms with Crippen LogP contribution in [0.2, 0.25) is 0 Å². The fourth-order valence-corrected chi connectivity index (χ4v) is 2.27. The molecule has 3 heteroatoms. The van der Waals surface area contributed by atoms with Crippen molar-refractivity contribution in [2.45, 2.75) is 38.5 Å². The third-order valence-electron chi connectivity index (χ3n) is 2.93. The maximum atomic E-state index is 5.66. The predicted molar refractivity (Wildman–Crippen MR) is 50.8 cm³/mol. The Labute approximate surface area is 80.0 Å². The van der Waals surface area contributed by atoms with E-state index in [1.54, 1.807) is 0 Å². The highest BCUT2D eigenvalue weighted by Crippen LogP contribution is 2.27. The van der Waals surface area contributed by atoms with Crippen molar-refractivity contribution in [1.29, 1.82) is 0 Å². The number of rotatable bonds is 0. The van der Waals surface area contributed by atoms with E-state index in [4.69, 9.17) is 9.47 Å². The van der Waals surface area contributed by atoms with Crippen LogP contribution in [0.25, 0.3) is 0 Å². The second kappa shape index (κ2) is 3.23. The van der Waals surface area contributed by atoms with Crippen LogP contribution in [0.3, 0.4) is 0 Å². The van der Waals surface area contributed by atoms with Gasteiger partial charge in [0.05, 0.1) is 32.0 Å². The highest BCUT2D eigenvalue weighted by Gasteiger charge is 2.41. The summed E-state index contributed by atoms with van der Waals surface area (Å²) in [4.78, 5) is 2.51. The molecule has 0 aliphatic carbocycles. The maximum absolute atomic E-state index is 5.66. The van der Waals surface area contributed by atoms with E-state index in [0.29, 0.717) is 12.1 Å². The Hall–Kier alpha value is -0.120. The standard InChI is InChI=1S/C10H19NO2/c1-10(2,3)11-4-5-13-9-7-12-6-8(9)11/h8-9H,4-7H2,1-3H3. The van der Waals surface area contributed by atoms with Crippen LogP contribution in [0.4, 0.5) is 0 Å². The zero-order chi connectivity index (χ0) is 9.47. The molecule has 0 N–H and O–H groups in total. The zero-order valence-electron chi connectivity index (χ0n) is 8.75. The van der Waals surface area contributed by atoms with E-state index in [2.05, 4.69) is 25.7 Å². The van der Waals surface area contributed by atoms with E-state index in [0.717, 1.165) is 26.4 Å². The first-order valence-corrected chi connectivity index (χ1v) is 5.05. The number of nitrogens with zero attached hydrogens (tertiary/aromatic N) is 1. The molecule has 2 aliphatic rings. The fraction of sp³-hybridized carbons (Fsp3) is 1.00. The van der Waals surface area contributed by atoms with E-state index in [-0.39, 0.29) is 5.54 Å². The summed E-state index contributed by atoms with van der Waals surface area (Å²) in [6.07, 6.45) is 0.313. The molecule has 0 saturated carbocycles. The zero-order valence-corrected chi connectivity index (χ0v) is 8.75. The topological polar surface area (TPSA) is 21.7 Å². The molecule has 2 saturated heterocycles. The monoisotopic (exact) mass is 185 g/mol. The summed E-state index contributed by atoms with van der Waals surface area (Å²) >= 11 is 0. The van der Waals surface area contributed by atoms with E-state index in [9.17, 15) is 0 Å². The van der Waals surface area contributed by atoms with Gasteiger partial charge >= 0.3 is 0 Å². The Balaban J connectivity index is 2.10. The van der Waals surface area contributed by atoms with Crippen molar-refractivity contribution in [3.63, 3.8) is 0 Å². The number of ether oxygens (including phenoxy) is 2. The summed E-state index contributed by atoms with van der Waals surface area (Å²) < 4.78 is 11.1. The van der Waals surface area contributed by atoms with Gasteiger partial charge in [-0.05, 0) is 20.8 Å². The van der Waals surface area contributed by atoms with E-state index in [1.807, 2.05) is 0 Å². The summed E-state index contributed by atoms with van der Waals surface area (Å²) in [6, 6.07) is 0.480. The van der Waals surface area contributed by atoms with Gasteiger partial charge in [0.25, 0.3) is 0 Å². The van der Waals surface area contributed by atoms with Gasteiger partial charge in [0.1, 0.15) is 0 Å². The molecule has 0 spiro atoms. The van der Waals surface area contributed by atoms with Crippen LogP contribution >= 0.6 is 0 Å². The SMILES string of the molecule is CC(C)(C)N1CCOC2COCC21. The molecule has 0 aromatic rings. The van der Waals surface area contributed by atoms with Gasteiger partial charge in [0, 0.05) is 12.1 Å². The molecule has 0 aromatic carbocycles. The van der Waals surface area contributed by atoms with Crippen molar-refractivity contribution < 1.29 is 9.47 Å². The van der Waals surface area contributed by atoms with Crippen LogP contribution in [0.1, 0.15) is 20.8 Å². The molecule has 2 heterocycles. The summed E-state index contributed by atoms with van der Waals surface area (Å²) in [5, 5.41) is 0. The summed E-state index contributed by atoms with van der Waals surface area (Å²) in [5.74, 6) is 0.